The Kier molecular flexibility index (Phi) is 4.48. The van der Waals surface area contributed by atoms with Gasteiger partial charge in [-0.1, -0.05) is 5.21 Å². The number of rotatable bonds is 7. The monoisotopic (exact) mass is 277 g/mol. The summed E-state index contributed by atoms with van der Waals surface area (Å²) >= 11 is 0. The molecule has 0 aliphatic heterocycles. The summed E-state index contributed by atoms with van der Waals surface area (Å²) in [6.45, 7) is 3.57. The van der Waals surface area contributed by atoms with Crippen LogP contribution in [0.15, 0.2) is 24.5 Å². The lowest BCUT2D eigenvalue weighted by molar-refractivity contribution is 0.0690. The van der Waals surface area contributed by atoms with E-state index in [1.807, 2.05) is 13.0 Å². The average molecular weight is 277 g/mol. The second-order valence-corrected chi connectivity index (χ2v) is 3.92. The standard InChI is InChI=1S/C12H15N5O3/c1-2-20-11-4-3-9(7-14-11)13-5-6-17-8-10(12(18)19)15-16-17/h3-4,7-8,13H,2,5-6H2,1H3,(H,18,19). The van der Waals surface area contributed by atoms with Crippen LogP contribution < -0.4 is 10.1 Å². The summed E-state index contributed by atoms with van der Waals surface area (Å²) < 4.78 is 6.71. The highest BCUT2D eigenvalue weighted by Gasteiger charge is 2.07. The van der Waals surface area contributed by atoms with Crippen LogP contribution in [0, 0.1) is 0 Å². The third-order valence-corrected chi connectivity index (χ3v) is 2.46. The SMILES string of the molecule is CCOc1ccc(NCCn2cc(C(=O)O)nn2)cn1. The van der Waals surface area contributed by atoms with E-state index in [4.69, 9.17) is 9.84 Å². The molecule has 0 atom stereocenters. The molecule has 2 aromatic rings. The van der Waals surface area contributed by atoms with Gasteiger partial charge < -0.3 is 15.2 Å². The van der Waals surface area contributed by atoms with Gasteiger partial charge in [-0.15, -0.1) is 5.10 Å². The van der Waals surface area contributed by atoms with Crippen LogP contribution in [0.3, 0.4) is 0 Å². The van der Waals surface area contributed by atoms with Crippen LogP contribution in [-0.2, 0) is 6.54 Å². The van der Waals surface area contributed by atoms with Gasteiger partial charge in [0.15, 0.2) is 5.69 Å². The fraction of sp³-hybridized carbons (Fsp3) is 0.333. The van der Waals surface area contributed by atoms with Crippen LogP contribution in [0.5, 0.6) is 5.88 Å². The molecule has 0 unspecified atom stereocenters. The van der Waals surface area contributed by atoms with E-state index < -0.39 is 5.97 Å². The van der Waals surface area contributed by atoms with Gasteiger partial charge in [0.2, 0.25) is 5.88 Å². The van der Waals surface area contributed by atoms with Crippen LogP contribution >= 0.6 is 0 Å². The second kappa shape index (κ2) is 6.50. The van der Waals surface area contributed by atoms with Crippen molar-refractivity contribution < 1.29 is 14.6 Å². The van der Waals surface area contributed by atoms with Crippen LogP contribution in [0.4, 0.5) is 5.69 Å². The molecule has 0 aliphatic carbocycles. The van der Waals surface area contributed by atoms with E-state index in [0.717, 1.165) is 5.69 Å². The molecule has 20 heavy (non-hydrogen) atoms. The number of carbonyl (C=O) groups is 1. The first-order valence-corrected chi connectivity index (χ1v) is 6.15. The van der Waals surface area contributed by atoms with Crippen molar-refractivity contribution >= 4 is 11.7 Å². The van der Waals surface area contributed by atoms with Crippen molar-refractivity contribution in [2.75, 3.05) is 18.5 Å². The third-order valence-electron chi connectivity index (χ3n) is 2.46. The first-order chi connectivity index (χ1) is 9.69. The lowest BCUT2D eigenvalue weighted by Crippen LogP contribution is -2.11. The molecule has 0 radical (unpaired) electrons. The lowest BCUT2D eigenvalue weighted by atomic mass is 10.4. The number of hydrogen-bond acceptors (Lipinski definition) is 6. The second-order valence-electron chi connectivity index (χ2n) is 3.92. The number of ether oxygens (including phenoxy) is 1. The molecule has 0 spiro atoms. The Balaban J connectivity index is 1.81. The summed E-state index contributed by atoms with van der Waals surface area (Å²) in [7, 11) is 0. The number of nitrogens with zero attached hydrogens (tertiary/aromatic N) is 4. The molecule has 0 bridgehead atoms. The highest BCUT2D eigenvalue weighted by Crippen LogP contribution is 2.11. The predicted molar refractivity (Wildman–Crippen MR) is 70.9 cm³/mol. The van der Waals surface area contributed by atoms with E-state index in [1.54, 1.807) is 12.3 Å². The van der Waals surface area contributed by atoms with Crippen molar-refractivity contribution in [1.82, 2.24) is 20.0 Å². The number of aromatic nitrogens is 4. The van der Waals surface area contributed by atoms with Crippen LogP contribution in [0.1, 0.15) is 17.4 Å². The molecule has 2 rings (SSSR count). The summed E-state index contributed by atoms with van der Waals surface area (Å²) in [5.74, 6) is -0.500. The zero-order chi connectivity index (χ0) is 14.4. The molecular weight excluding hydrogens is 262 g/mol. The van der Waals surface area contributed by atoms with Crippen molar-refractivity contribution in [3.8, 4) is 5.88 Å². The molecule has 2 heterocycles. The minimum absolute atomic E-state index is 0.0623. The molecule has 8 heteroatoms. The van der Waals surface area contributed by atoms with Crippen molar-refractivity contribution in [3.05, 3.63) is 30.2 Å². The summed E-state index contributed by atoms with van der Waals surface area (Å²) in [6.07, 6.45) is 3.06. The normalized spacial score (nSPS) is 10.2. The first kappa shape index (κ1) is 13.8. The van der Waals surface area contributed by atoms with E-state index in [-0.39, 0.29) is 5.69 Å². The summed E-state index contributed by atoms with van der Waals surface area (Å²) in [5.41, 5.74) is 0.791. The molecule has 106 valence electrons. The molecule has 2 N–H and O–H groups in total. The van der Waals surface area contributed by atoms with Crippen molar-refractivity contribution in [3.63, 3.8) is 0 Å². The molecule has 0 amide bonds. The highest BCUT2D eigenvalue weighted by atomic mass is 16.5. The van der Waals surface area contributed by atoms with Gasteiger partial charge in [-0.2, -0.15) is 0 Å². The maximum atomic E-state index is 10.6. The van der Waals surface area contributed by atoms with Crippen LogP contribution in [-0.4, -0.2) is 44.2 Å². The Hall–Kier alpha value is -2.64. The lowest BCUT2D eigenvalue weighted by Gasteiger charge is -2.06. The minimum Gasteiger partial charge on any atom is -0.478 e. The topological polar surface area (TPSA) is 102 Å². The number of aromatic carboxylic acids is 1. The van der Waals surface area contributed by atoms with Crippen molar-refractivity contribution in [2.45, 2.75) is 13.5 Å². The Morgan fingerprint density at radius 2 is 2.35 bits per heavy atom. The maximum absolute atomic E-state index is 10.6. The van der Waals surface area contributed by atoms with E-state index in [0.29, 0.717) is 25.6 Å². The van der Waals surface area contributed by atoms with Gasteiger partial charge in [-0.05, 0) is 13.0 Å². The molecule has 8 nitrogen and oxygen atoms in total. The van der Waals surface area contributed by atoms with E-state index in [9.17, 15) is 4.79 Å². The predicted octanol–water partition coefficient (Wildman–Crippen LogP) is 0.882. The molecule has 0 aliphatic rings. The molecule has 0 saturated carbocycles. The minimum atomic E-state index is -1.08. The van der Waals surface area contributed by atoms with Gasteiger partial charge in [-0.3, -0.25) is 0 Å². The molecular formula is C12H15N5O3. The molecule has 2 aromatic heterocycles. The Morgan fingerprint density at radius 1 is 1.50 bits per heavy atom. The average Bonchev–Trinajstić information content (AvgIpc) is 2.90. The van der Waals surface area contributed by atoms with Gasteiger partial charge in [0.1, 0.15) is 0 Å². The summed E-state index contributed by atoms with van der Waals surface area (Å²) in [5, 5.41) is 19.1. The van der Waals surface area contributed by atoms with Crippen molar-refractivity contribution in [1.29, 1.82) is 0 Å². The highest BCUT2D eigenvalue weighted by molar-refractivity contribution is 5.84. The quantitative estimate of drug-likeness (QED) is 0.774. The van der Waals surface area contributed by atoms with E-state index in [2.05, 4.69) is 20.6 Å². The van der Waals surface area contributed by atoms with E-state index >= 15 is 0 Å². The van der Waals surface area contributed by atoms with Gasteiger partial charge in [0.25, 0.3) is 0 Å². The van der Waals surface area contributed by atoms with Gasteiger partial charge in [-0.25, -0.2) is 14.5 Å². The van der Waals surface area contributed by atoms with Crippen molar-refractivity contribution in [2.24, 2.45) is 0 Å². The zero-order valence-electron chi connectivity index (χ0n) is 11.0. The number of carboxylic acids is 1. The maximum Gasteiger partial charge on any atom is 0.358 e. The van der Waals surface area contributed by atoms with Gasteiger partial charge >= 0.3 is 5.97 Å². The molecule has 0 aromatic carbocycles. The third kappa shape index (κ3) is 3.67. The first-order valence-electron chi connectivity index (χ1n) is 6.15. The van der Waals surface area contributed by atoms with Gasteiger partial charge in [0, 0.05) is 12.6 Å². The van der Waals surface area contributed by atoms with Crippen LogP contribution in [0.25, 0.3) is 0 Å². The number of carboxylic acid groups (broad SMARTS) is 1. The Labute approximate surface area is 115 Å². The summed E-state index contributed by atoms with van der Waals surface area (Å²) in [4.78, 5) is 14.8. The number of anilines is 1. The fourth-order valence-corrected chi connectivity index (χ4v) is 1.54. The Morgan fingerprint density at radius 3 is 2.95 bits per heavy atom. The largest absolute Gasteiger partial charge is 0.478 e. The Bertz CT molecular complexity index is 567. The fourth-order valence-electron chi connectivity index (χ4n) is 1.54. The number of nitrogens with one attached hydrogen (secondary N) is 1. The zero-order valence-corrected chi connectivity index (χ0v) is 11.0. The molecule has 0 saturated heterocycles. The smallest absolute Gasteiger partial charge is 0.358 e. The molecule has 0 fully saturated rings. The summed E-state index contributed by atoms with van der Waals surface area (Å²) in [6, 6.07) is 3.64. The van der Waals surface area contributed by atoms with Crippen LogP contribution in [0.2, 0.25) is 0 Å². The van der Waals surface area contributed by atoms with Gasteiger partial charge in [0.05, 0.1) is 31.2 Å². The number of pyridine rings is 1. The van der Waals surface area contributed by atoms with E-state index in [1.165, 1.54) is 10.9 Å². The number of hydrogen-bond donors (Lipinski definition) is 2.